The number of fused-ring (bicyclic) bond motifs is 5. The minimum absolute atomic E-state index is 0.00175. The fraction of sp³-hybridized carbons (Fsp3) is 0.500. The summed E-state index contributed by atoms with van der Waals surface area (Å²) in [5.41, 5.74) is -0.0996. The number of hydrogen-bond donors (Lipinski definition) is 2. The molecule has 0 amide bonds. The lowest BCUT2D eigenvalue weighted by Gasteiger charge is -2.61. The minimum atomic E-state index is -1.43. The summed E-state index contributed by atoms with van der Waals surface area (Å²) in [6.45, 7) is 18.2. The van der Waals surface area contributed by atoms with E-state index in [1.807, 2.05) is 67.5 Å². The summed E-state index contributed by atoms with van der Waals surface area (Å²) in [6, 6.07) is 2.59. The zero-order valence-electron chi connectivity index (χ0n) is 27.8. The summed E-state index contributed by atoms with van der Waals surface area (Å²) in [7, 11) is 0. The van der Waals surface area contributed by atoms with Gasteiger partial charge in [0.2, 0.25) is 11.2 Å². The number of rotatable bonds is 9. The molecule has 1 aromatic carbocycles. The van der Waals surface area contributed by atoms with E-state index in [-0.39, 0.29) is 46.8 Å². The predicted molar refractivity (Wildman–Crippen MR) is 176 cm³/mol. The van der Waals surface area contributed by atoms with E-state index in [9.17, 15) is 19.8 Å². The first-order valence-corrected chi connectivity index (χ1v) is 15.7. The molecule has 2 N–H and O–H groups in total. The van der Waals surface area contributed by atoms with Crippen molar-refractivity contribution in [2.45, 2.75) is 106 Å². The molecule has 6 nitrogen and oxygen atoms in total. The molecule has 4 rings (SSSR count). The predicted octanol–water partition coefficient (Wildman–Crippen LogP) is 9.04. The molecule has 0 aliphatic heterocycles. The second-order valence-electron chi connectivity index (χ2n) is 14.2. The molecule has 2 bridgehead atoms. The van der Waals surface area contributed by atoms with E-state index in [2.05, 4.69) is 19.1 Å². The Balaban J connectivity index is 2.25. The highest BCUT2D eigenvalue weighted by Crippen LogP contribution is 2.67. The van der Waals surface area contributed by atoms with Gasteiger partial charge >= 0.3 is 0 Å². The molecule has 0 unspecified atom stereocenters. The molecule has 6 heteroatoms. The van der Waals surface area contributed by atoms with Crippen molar-refractivity contribution in [3.8, 4) is 11.5 Å². The van der Waals surface area contributed by atoms with E-state index in [4.69, 9.17) is 4.42 Å². The van der Waals surface area contributed by atoms with Crippen LogP contribution < -0.4 is 5.43 Å². The number of ketones is 2. The number of hydrogen-bond acceptors (Lipinski definition) is 6. The number of carbonyl (C=O) groups is 2. The number of carbonyl (C=O) groups excluding carboxylic acids is 2. The highest BCUT2D eigenvalue weighted by atomic mass is 16.4. The topological polar surface area (TPSA) is 105 Å². The van der Waals surface area contributed by atoms with E-state index in [0.717, 1.165) is 16.7 Å². The summed E-state index contributed by atoms with van der Waals surface area (Å²) < 4.78 is 6.48. The number of phenols is 2. The Morgan fingerprint density at radius 1 is 0.864 bits per heavy atom. The summed E-state index contributed by atoms with van der Waals surface area (Å²) in [4.78, 5) is 44.6. The van der Waals surface area contributed by atoms with Crippen molar-refractivity contribution in [3.05, 3.63) is 80.3 Å². The lowest BCUT2D eigenvalue weighted by Crippen LogP contribution is -2.68. The number of allylic oxidation sites excluding steroid dienone is 8. The molecule has 0 saturated heterocycles. The van der Waals surface area contributed by atoms with Crippen LogP contribution in [-0.4, -0.2) is 21.8 Å². The van der Waals surface area contributed by atoms with Crippen molar-refractivity contribution in [1.29, 1.82) is 0 Å². The first-order valence-electron chi connectivity index (χ1n) is 15.7. The molecule has 0 radical (unpaired) electrons. The largest absolute Gasteiger partial charge is 0.504 e. The molecule has 44 heavy (non-hydrogen) atoms. The fourth-order valence-electron chi connectivity index (χ4n) is 7.52. The van der Waals surface area contributed by atoms with Crippen LogP contribution in [0.4, 0.5) is 0 Å². The number of Topliss-reactive ketones (excluding diaryl/α,β-unsaturated/α-hetero) is 2. The van der Waals surface area contributed by atoms with Gasteiger partial charge in [0.15, 0.2) is 22.9 Å². The van der Waals surface area contributed by atoms with Crippen LogP contribution in [-0.2, 0) is 10.2 Å². The third-order valence-electron chi connectivity index (χ3n) is 10.1. The van der Waals surface area contributed by atoms with Gasteiger partial charge in [0, 0.05) is 0 Å². The third-order valence-corrected chi connectivity index (χ3v) is 10.1. The van der Waals surface area contributed by atoms with E-state index < -0.39 is 39.0 Å². The van der Waals surface area contributed by atoms with Crippen LogP contribution in [0.5, 0.6) is 11.5 Å². The Morgan fingerprint density at radius 2 is 1.45 bits per heavy atom. The van der Waals surface area contributed by atoms with Gasteiger partial charge in [0.05, 0.1) is 16.2 Å². The SMILES string of the molecule is CC(C)=CCC[C@]1(C)[C@@H](CC=C(C)C)C[C@@]2(CC=C(C)C)C(=O)c3c(oc4c(O)c(O)ccc4c3=O)[C@]1(CC=C(C)C)C2=O. The molecular weight excluding hydrogens is 552 g/mol. The Labute approximate surface area is 261 Å². The smallest absolute Gasteiger partial charge is 0.204 e. The van der Waals surface area contributed by atoms with Crippen molar-refractivity contribution >= 4 is 22.5 Å². The van der Waals surface area contributed by atoms with E-state index >= 15 is 4.79 Å². The van der Waals surface area contributed by atoms with E-state index in [1.54, 1.807) is 0 Å². The maximum absolute atomic E-state index is 15.5. The lowest BCUT2D eigenvalue weighted by molar-refractivity contribution is -0.153. The number of aromatic hydroxyl groups is 2. The summed E-state index contributed by atoms with van der Waals surface area (Å²) in [6.07, 6.45) is 11.1. The Morgan fingerprint density at radius 3 is 2.05 bits per heavy atom. The Hall–Kier alpha value is -3.67. The van der Waals surface area contributed by atoms with Crippen molar-refractivity contribution in [2.24, 2.45) is 16.7 Å². The van der Waals surface area contributed by atoms with Crippen molar-refractivity contribution in [2.75, 3.05) is 0 Å². The van der Waals surface area contributed by atoms with E-state index in [1.165, 1.54) is 17.7 Å². The van der Waals surface area contributed by atoms with Crippen LogP contribution in [0.3, 0.4) is 0 Å². The highest BCUT2D eigenvalue weighted by Gasteiger charge is 2.73. The molecule has 1 aromatic heterocycles. The Bertz CT molecular complexity index is 1680. The van der Waals surface area contributed by atoms with Crippen LogP contribution in [0.15, 0.2) is 67.9 Å². The first-order chi connectivity index (χ1) is 20.5. The van der Waals surface area contributed by atoms with Crippen LogP contribution in [0, 0.1) is 16.7 Å². The number of phenolic OH excluding ortho intramolecular Hbond substituents is 2. The molecule has 2 aromatic rings. The molecule has 236 valence electrons. The second kappa shape index (κ2) is 12.0. The first kappa shape index (κ1) is 33.2. The maximum atomic E-state index is 15.5. The van der Waals surface area contributed by atoms with Gasteiger partial charge in [-0.1, -0.05) is 53.5 Å². The van der Waals surface area contributed by atoms with Gasteiger partial charge < -0.3 is 14.6 Å². The monoisotopic (exact) mass is 600 g/mol. The van der Waals surface area contributed by atoms with Crippen molar-refractivity contribution in [3.63, 3.8) is 0 Å². The highest BCUT2D eigenvalue weighted by molar-refractivity contribution is 6.23. The fourth-order valence-corrected chi connectivity index (χ4v) is 7.52. The summed E-state index contributed by atoms with van der Waals surface area (Å²) in [5, 5.41) is 21.2. The van der Waals surface area contributed by atoms with Gasteiger partial charge in [-0.3, -0.25) is 14.4 Å². The van der Waals surface area contributed by atoms with Crippen LogP contribution in [0.2, 0.25) is 0 Å². The molecule has 0 spiro atoms. The molecule has 1 heterocycles. The molecular formula is C38H48O6. The van der Waals surface area contributed by atoms with Crippen molar-refractivity contribution in [1.82, 2.24) is 0 Å². The average molecular weight is 601 g/mol. The zero-order valence-corrected chi connectivity index (χ0v) is 27.8. The summed E-state index contributed by atoms with van der Waals surface area (Å²) in [5.74, 6) is -1.80. The van der Waals surface area contributed by atoms with Gasteiger partial charge in [0.1, 0.15) is 11.3 Å². The maximum Gasteiger partial charge on any atom is 0.204 e. The molecule has 1 saturated carbocycles. The van der Waals surface area contributed by atoms with Crippen LogP contribution in [0.1, 0.15) is 117 Å². The number of benzene rings is 1. The van der Waals surface area contributed by atoms with Gasteiger partial charge in [0.25, 0.3) is 0 Å². The van der Waals surface area contributed by atoms with Crippen molar-refractivity contribution < 1.29 is 24.2 Å². The molecule has 4 atom stereocenters. The van der Waals surface area contributed by atoms with Gasteiger partial charge in [-0.2, -0.15) is 0 Å². The third kappa shape index (κ3) is 5.20. The zero-order chi connectivity index (χ0) is 32.8. The van der Waals surface area contributed by atoms with Crippen LogP contribution in [0.25, 0.3) is 11.0 Å². The van der Waals surface area contributed by atoms with Crippen LogP contribution >= 0.6 is 0 Å². The molecule has 2 aliphatic carbocycles. The normalized spacial score (nSPS) is 25.7. The standard InChI is InChI=1S/C38H48O6/c1-22(2)11-10-18-36(9)26(13-12-23(3)4)21-37(19-16-24(5)6)33(42)29-30(40)27-14-15-28(39)31(41)32(27)44-34(29)38(36,35(37)43)20-17-25(7)8/h11-12,14-17,26,39,41H,10,13,18-21H2,1-9H3/t26-,36+,37-,38+/m0/s1. The van der Waals surface area contributed by atoms with Gasteiger partial charge in [-0.25, -0.2) is 0 Å². The van der Waals surface area contributed by atoms with Gasteiger partial charge in [-0.15, -0.1) is 0 Å². The quantitative estimate of drug-likeness (QED) is 0.169. The molecule has 2 aliphatic rings. The lowest BCUT2D eigenvalue weighted by atomic mass is 9.38. The minimum Gasteiger partial charge on any atom is -0.504 e. The average Bonchev–Trinajstić information content (AvgIpc) is 2.93. The summed E-state index contributed by atoms with van der Waals surface area (Å²) >= 11 is 0. The van der Waals surface area contributed by atoms with Gasteiger partial charge in [-0.05, 0) is 117 Å². The molecule has 1 fully saturated rings. The Kier molecular flexibility index (Phi) is 9.08. The van der Waals surface area contributed by atoms with E-state index in [0.29, 0.717) is 25.7 Å². The second-order valence-corrected chi connectivity index (χ2v) is 14.2.